The van der Waals surface area contributed by atoms with Gasteiger partial charge in [-0.1, -0.05) is 80.7 Å². The van der Waals surface area contributed by atoms with E-state index in [-0.39, 0.29) is 16.7 Å². The van der Waals surface area contributed by atoms with E-state index in [9.17, 15) is 9.59 Å². The number of rotatable bonds is 5. The summed E-state index contributed by atoms with van der Waals surface area (Å²) in [5, 5.41) is 23.3. The molecule has 0 spiro atoms. The van der Waals surface area contributed by atoms with Crippen molar-refractivity contribution in [1.82, 2.24) is 0 Å². The molecule has 3 aromatic carbocycles. The molecular formula is C35H38O4. The van der Waals surface area contributed by atoms with Crippen molar-refractivity contribution in [2.24, 2.45) is 5.92 Å². The highest BCUT2D eigenvalue weighted by Gasteiger charge is 2.15. The minimum atomic E-state index is -1.11. The smallest absolute Gasteiger partial charge is 0.335 e. The van der Waals surface area contributed by atoms with Crippen LogP contribution in [0.4, 0.5) is 0 Å². The predicted octanol–water partition coefficient (Wildman–Crippen LogP) is 6.33. The topological polar surface area (TPSA) is 74.6 Å². The Bertz CT molecular complexity index is 1580. The normalized spacial score (nSPS) is 15.8. The Morgan fingerprint density at radius 1 is 0.795 bits per heavy atom. The molecule has 202 valence electrons. The van der Waals surface area contributed by atoms with E-state index in [1.807, 2.05) is 0 Å². The molecule has 1 fully saturated rings. The third kappa shape index (κ3) is 6.00. The Kier molecular flexibility index (Phi) is 8.30. The van der Waals surface area contributed by atoms with E-state index in [4.69, 9.17) is 10.2 Å². The molecule has 6 rings (SSSR count). The van der Waals surface area contributed by atoms with E-state index >= 15 is 0 Å². The molecular weight excluding hydrogens is 484 g/mol. The summed E-state index contributed by atoms with van der Waals surface area (Å²) in [6.07, 6.45) is 19.8. The van der Waals surface area contributed by atoms with Crippen molar-refractivity contribution in [3.05, 3.63) is 103 Å². The van der Waals surface area contributed by atoms with E-state index < -0.39 is 11.9 Å². The highest BCUT2D eigenvalue weighted by atomic mass is 16.4. The van der Waals surface area contributed by atoms with E-state index in [2.05, 4.69) is 42.5 Å². The first-order valence-electron chi connectivity index (χ1n) is 14.4. The summed E-state index contributed by atoms with van der Waals surface area (Å²) in [7, 11) is 0. The molecule has 3 aliphatic rings. The lowest BCUT2D eigenvalue weighted by Crippen LogP contribution is -2.20. The summed E-state index contributed by atoms with van der Waals surface area (Å²) < 4.78 is 0. The maximum atomic E-state index is 10.6. The molecule has 0 amide bonds. The highest BCUT2D eigenvalue weighted by Crippen LogP contribution is 2.27. The molecule has 0 heterocycles. The maximum Gasteiger partial charge on any atom is 0.335 e. The van der Waals surface area contributed by atoms with Crippen LogP contribution < -0.4 is 10.4 Å². The van der Waals surface area contributed by atoms with Gasteiger partial charge in [-0.2, -0.15) is 0 Å². The van der Waals surface area contributed by atoms with Gasteiger partial charge in [0.05, 0.1) is 11.1 Å². The molecule has 3 aliphatic carbocycles. The van der Waals surface area contributed by atoms with Crippen LogP contribution in [0.5, 0.6) is 0 Å². The van der Waals surface area contributed by atoms with Crippen molar-refractivity contribution in [1.29, 1.82) is 0 Å². The highest BCUT2D eigenvalue weighted by molar-refractivity contribution is 5.96. The fraction of sp³-hybridized carbons (Fsp3) is 0.371. The predicted molar refractivity (Wildman–Crippen MR) is 155 cm³/mol. The van der Waals surface area contributed by atoms with Crippen LogP contribution >= 0.6 is 0 Å². The molecule has 4 heteroatoms. The largest absolute Gasteiger partial charge is 0.478 e. The van der Waals surface area contributed by atoms with Crippen molar-refractivity contribution in [2.45, 2.75) is 77.6 Å². The fourth-order valence-electron chi connectivity index (χ4n) is 6.56. The van der Waals surface area contributed by atoms with Gasteiger partial charge >= 0.3 is 11.9 Å². The third-order valence-corrected chi connectivity index (χ3v) is 8.76. The molecule has 0 aliphatic heterocycles. The van der Waals surface area contributed by atoms with Gasteiger partial charge in [0, 0.05) is 0 Å². The number of hydrogen-bond acceptors (Lipinski definition) is 2. The SMILES string of the molecule is C1=c2ccc3c(c2CCC1)CC=c1cc(CCC2CCCCC2)ccc1=3.Cc1c(C(=O)O)cccc1C(=O)O. The second-order valence-electron chi connectivity index (χ2n) is 11.2. The number of carboxylic acids is 2. The third-order valence-electron chi connectivity index (χ3n) is 8.76. The molecule has 0 unspecified atom stereocenters. The zero-order valence-corrected chi connectivity index (χ0v) is 22.8. The minimum Gasteiger partial charge on any atom is -0.478 e. The Morgan fingerprint density at radius 2 is 1.51 bits per heavy atom. The zero-order chi connectivity index (χ0) is 27.4. The van der Waals surface area contributed by atoms with E-state index in [0.717, 1.165) is 12.3 Å². The average molecular weight is 523 g/mol. The molecule has 0 bridgehead atoms. The Hall–Kier alpha value is -3.66. The van der Waals surface area contributed by atoms with Crippen molar-refractivity contribution >= 4 is 24.1 Å². The van der Waals surface area contributed by atoms with Crippen molar-refractivity contribution in [3.8, 4) is 0 Å². The number of carboxylic acid groups (broad SMARTS) is 2. The summed E-state index contributed by atoms with van der Waals surface area (Å²) >= 11 is 0. The average Bonchev–Trinajstić information content (AvgIpc) is 2.96. The Balaban J connectivity index is 0.000000201. The van der Waals surface area contributed by atoms with Crippen molar-refractivity contribution in [3.63, 3.8) is 0 Å². The molecule has 0 atom stereocenters. The first-order chi connectivity index (χ1) is 18.9. The van der Waals surface area contributed by atoms with Gasteiger partial charge in [0.15, 0.2) is 0 Å². The number of benzene rings is 3. The van der Waals surface area contributed by atoms with Gasteiger partial charge in [-0.3, -0.25) is 0 Å². The van der Waals surface area contributed by atoms with Gasteiger partial charge in [0.2, 0.25) is 0 Å². The van der Waals surface area contributed by atoms with Crippen LogP contribution in [0.3, 0.4) is 0 Å². The second kappa shape index (κ2) is 12.0. The van der Waals surface area contributed by atoms with Crippen LogP contribution in [0.2, 0.25) is 0 Å². The molecule has 3 aromatic rings. The van der Waals surface area contributed by atoms with Crippen molar-refractivity contribution < 1.29 is 19.8 Å². The summed E-state index contributed by atoms with van der Waals surface area (Å²) in [6, 6.07) is 16.2. The second-order valence-corrected chi connectivity index (χ2v) is 11.2. The zero-order valence-electron chi connectivity index (χ0n) is 22.8. The molecule has 2 N–H and O–H groups in total. The summed E-state index contributed by atoms with van der Waals surface area (Å²) in [4.78, 5) is 21.2. The first kappa shape index (κ1) is 26.9. The van der Waals surface area contributed by atoms with Crippen LogP contribution in [0.15, 0.2) is 48.5 Å². The number of aryl methyl sites for hydroxylation is 1. The fourth-order valence-corrected chi connectivity index (χ4v) is 6.56. The van der Waals surface area contributed by atoms with Crippen LogP contribution in [-0.4, -0.2) is 22.2 Å². The number of aromatic carboxylic acids is 2. The van der Waals surface area contributed by atoms with Crippen LogP contribution in [0.25, 0.3) is 12.2 Å². The molecule has 4 nitrogen and oxygen atoms in total. The van der Waals surface area contributed by atoms with Crippen LogP contribution in [0, 0.1) is 23.3 Å². The summed E-state index contributed by atoms with van der Waals surface area (Å²) in [5.41, 5.74) is 5.10. The van der Waals surface area contributed by atoms with Gasteiger partial charge in [0.1, 0.15) is 0 Å². The van der Waals surface area contributed by atoms with Crippen LogP contribution in [0.1, 0.15) is 94.3 Å². The summed E-state index contributed by atoms with van der Waals surface area (Å²) in [5.74, 6) is -1.24. The van der Waals surface area contributed by atoms with Gasteiger partial charge in [0.25, 0.3) is 0 Å². The van der Waals surface area contributed by atoms with E-state index in [1.165, 1.54) is 110 Å². The number of fused-ring (bicyclic) bond motifs is 4. The Labute approximate surface area is 230 Å². The van der Waals surface area contributed by atoms with Gasteiger partial charge in [-0.05, 0) is 107 Å². The monoisotopic (exact) mass is 522 g/mol. The molecule has 0 aromatic heterocycles. The maximum absolute atomic E-state index is 10.6. The molecule has 1 saturated carbocycles. The first-order valence-corrected chi connectivity index (χ1v) is 14.4. The number of hydrogen-bond donors (Lipinski definition) is 2. The van der Waals surface area contributed by atoms with Crippen LogP contribution in [-0.2, 0) is 19.3 Å². The molecule has 0 radical (unpaired) electrons. The lowest BCUT2D eigenvalue weighted by molar-refractivity contribution is 0.0696. The molecule has 0 saturated heterocycles. The lowest BCUT2D eigenvalue weighted by Gasteiger charge is -2.21. The number of carbonyl (C=O) groups is 2. The lowest BCUT2D eigenvalue weighted by atomic mass is 9.85. The minimum absolute atomic E-state index is 0.0277. The van der Waals surface area contributed by atoms with Gasteiger partial charge in [-0.25, -0.2) is 9.59 Å². The van der Waals surface area contributed by atoms with E-state index in [1.54, 1.807) is 16.7 Å². The van der Waals surface area contributed by atoms with Gasteiger partial charge in [-0.15, -0.1) is 0 Å². The quantitative estimate of drug-likeness (QED) is 0.411. The van der Waals surface area contributed by atoms with Gasteiger partial charge < -0.3 is 10.2 Å². The van der Waals surface area contributed by atoms with Crippen molar-refractivity contribution in [2.75, 3.05) is 0 Å². The standard InChI is InChI=1S/C26H30.C9H8O4/c1-2-6-19(7-3-1)10-11-20-12-15-24-22(18-20)14-17-25-23-9-5-4-8-21(23)13-16-26(24)25;1-5-6(8(10)11)3-2-4-7(5)9(12)13/h8,12-16,18-19H,1-7,9-11,17H2;2-4H,1H3,(H,10,11)(H,12,13). The van der Waals surface area contributed by atoms with E-state index in [0.29, 0.717) is 0 Å². The summed E-state index contributed by atoms with van der Waals surface area (Å²) in [6.45, 7) is 1.48. The Morgan fingerprint density at radius 3 is 2.23 bits per heavy atom. The molecule has 39 heavy (non-hydrogen) atoms.